The molecule has 2 aromatic rings. The number of halogens is 1. The number of aromatic nitrogens is 2. The van der Waals surface area contributed by atoms with E-state index in [9.17, 15) is 14.9 Å². The lowest BCUT2D eigenvalue weighted by atomic mass is 10.2. The Balaban J connectivity index is 2.69. The van der Waals surface area contributed by atoms with E-state index in [1.54, 1.807) is 0 Å². The number of non-ortho nitro benzene ring substituents is 1. The van der Waals surface area contributed by atoms with Crippen LogP contribution in [0.25, 0.3) is 10.9 Å². The van der Waals surface area contributed by atoms with Gasteiger partial charge in [-0.1, -0.05) is 15.9 Å². The van der Waals surface area contributed by atoms with Gasteiger partial charge in [0.15, 0.2) is 0 Å². The number of hydrogen-bond donors (Lipinski definition) is 0. The summed E-state index contributed by atoms with van der Waals surface area (Å²) < 4.78 is 1.42. The third kappa shape index (κ3) is 2.19. The normalized spacial score (nSPS) is 10.6. The first kappa shape index (κ1) is 11.7. The lowest BCUT2D eigenvalue weighted by Gasteiger charge is -2.03. The zero-order valence-electron chi connectivity index (χ0n) is 8.67. The molecule has 0 aliphatic heterocycles. The maximum atomic E-state index is 12.0. The first-order valence-corrected chi connectivity index (χ1v) is 5.95. The molecule has 0 atom stereocenters. The molecule has 0 spiro atoms. The van der Waals surface area contributed by atoms with Crippen molar-refractivity contribution in [1.82, 2.24) is 9.55 Å². The molecule has 0 N–H and O–H groups in total. The van der Waals surface area contributed by atoms with E-state index in [4.69, 9.17) is 0 Å². The summed E-state index contributed by atoms with van der Waals surface area (Å²) in [7, 11) is 0. The van der Waals surface area contributed by atoms with E-state index in [1.165, 1.54) is 29.1 Å². The Bertz CT molecular complexity index is 638. The first-order chi connectivity index (χ1) is 8.13. The van der Waals surface area contributed by atoms with Crippen LogP contribution in [0.3, 0.4) is 0 Å². The van der Waals surface area contributed by atoms with E-state index in [0.717, 1.165) is 0 Å². The summed E-state index contributed by atoms with van der Waals surface area (Å²) in [6, 6.07) is 4.08. The highest BCUT2D eigenvalue weighted by atomic mass is 79.9. The Kier molecular flexibility index (Phi) is 3.19. The number of nitro benzene ring substituents is 1. The van der Waals surface area contributed by atoms with Crippen molar-refractivity contribution in [2.24, 2.45) is 0 Å². The van der Waals surface area contributed by atoms with Crippen LogP contribution in [0.15, 0.2) is 29.3 Å². The lowest BCUT2D eigenvalue weighted by Crippen LogP contribution is -2.21. The monoisotopic (exact) mass is 297 g/mol. The van der Waals surface area contributed by atoms with E-state index < -0.39 is 4.92 Å². The van der Waals surface area contributed by atoms with Gasteiger partial charge in [0.2, 0.25) is 0 Å². The third-order valence-corrected chi connectivity index (χ3v) is 2.70. The number of fused-ring (bicyclic) bond motifs is 1. The quantitative estimate of drug-likeness (QED) is 0.491. The van der Waals surface area contributed by atoms with Crippen molar-refractivity contribution in [3.63, 3.8) is 0 Å². The lowest BCUT2D eigenvalue weighted by molar-refractivity contribution is -0.384. The minimum Gasteiger partial charge on any atom is -0.298 e. The topological polar surface area (TPSA) is 78.0 Å². The number of alkyl halides is 1. The van der Waals surface area contributed by atoms with Crippen LogP contribution in [-0.4, -0.2) is 19.8 Å². The van der Waals surface area contributed by atoms with Crippen molar-refractivity contribution < 1.29 is 4.92 Å². The molecule has 0 amide bonds. The van der Waals surface area contributed by atoms with Crippen LogP contribution >= 0.6 is 15.9 Å². The summed E-state index contributed by atoms with van der Waals surface area (Å²) >= 11 is 3.23. The highest BCUT2D eigenvalue weighted by Crippen LogP contribution is 2.16. The number of nitrogens with zero attached hydrogens (tertiary/aromatic N) is 3. The fourth-order valence-corrected chi connectivity index (χ4v) is 1.89. The van der Waals surface area contributed by atoms with Crippen molar-refractivity contribution in [3.8, 4) is 0 Å². The molecule has 0 aliphatic carbocycles. The van der Waals surface area contributed by atoms with Crippen molar-refractivity contribution in [2.45, 2.75) is 6.54 Å². The molecule has 0 fully saturated rings. The molecule has 0 saturated carbocycles. The molecule has 88 valence electrons. The summed E-state index contributed by atoms with van der Waals surface area (Å²) in [5.74, 6) is 0. The van der Waals surface area contributed by atoms with E-state index in [2.05, 4.69) is 20.9 Å². The van der Waals surface area contributed by atoms with Crippen molar-refractivity contribution >= 4 is 32.5 Å². The molecule has 2 rings (SSSR count). The fraction of sp³-hybridized carbons (Fsp3) is 0.200. The maximum absolute atomic E-state index is 12.0. The second-order valence-corrected chi connectivity index (χ2v) is 4.18. The van der Waals surface area contributed by atoms with Gasteiger partial charge in [-0.2, -0.15) is 0 Å². The van der Waals surface area contributed by atoms with Gasteiger partial charge < -0.3 is 0 Å². The molecule has 0 radical (unpaired) electrons. The Morgan fingerprint density at radius 2 is 2.24 bits per heavy atom. The third-order valence-electron chi connectivity index (χ3n) is 2.34. The van der Waals surface area contributed by atoms with Crippen molar-refractivity contribution in [1.29, 1.82) is 0 Å². The largest absolute Gasteiger partial charge is 0.298 e. The molecule has 17 heavy (non-hydrogen) atoms. The van der Waals surface area contributed by atoms with Crippen LogP contribution in [0.2, 0.25) is 0 Å². The van der Waals surface area contributed by atoms with Crippen LogP contribution in [-0.2, 0) is 6.54 Å². The molecular formula is C10H8BrN3O3. The minimum atomic E-state index is -0.527. The summed E-state index contributed by atoms with van der Waals surface area (Å²) in [6.07, 6.45) is 1.44. The average Bonchev–Trinajstić information content (AvgIpc) is 2.32. The smallest absolute Gasteiger partial charge is 0.270 e. The number of aryl methyl sites for hydroxylation is 1. The van der Waals surface area contributed by atoms with Gasteiger partial charge >= 0.3 is 0 Å². The van der Waals surface area contributed by atoms with Gasteiger partial charge in [-0.15, -0.1) is 0 Å². The molecule has 0 saturated heterocycles. The Labute approximate surface area is 104 Å². The molecule has 1 heterocycles. The number of hydrogen-bond acceptors (Lipinski definition) is 4. The van der Waals surface area contributed by atoms with Crippen molar-refractivity contribution in [2.75, 3.05) is 5.33 Å². The highest BCUT2D eigenvalue weighted by Gasteiger charge is 2.10. The minimum absolute atomic E-state index is 0.104. The standard InChI is InChI=1S/C10H8BrN3O3/c11-3-4-13-6-12-9-2-1-7(14(16)17)5-8(9)10(13)15/h1-2,5-6H,3-4H2. The van der Waals surface area contributed by atoms with E-state index in [-0.39, 0.29) is 16.6 Å². The van der Waals surface area contributed by atoms with Gasteiger partial charge in [-0.25, -0.2) is 4.98 Å². The molecular weight excluding hydrogens is 290 g/mol. The summed E-state index contributed by atoms with van der Waals surface area (Å²) in [5, 5.41) is 11.5. The van der Waals surface area contributed by atoms with Gasteiger partial charge in [-0.05, 0) is 6.07 Å². The predicted octanol–water partition coefficient (Wildman–Crippen LogP) is 1.70. The highest BCUT2D eigenvalue weighted by molar-refractivity contribution is 9.09. The molecule has 7 heteroatoms. The number of benzene rings is 1. The van der Waals surface area contributed by atoms with Crippen LogP contribution in [0.5, 0.6) is 0 Å². The summed E-state index contributed by atoms with van der Waals surface area (Å²) in [6.45, 7) is 0.477. The zero-order chi connectivity index (χ0) is 12.4. The first-order valence-electron chi connectivity index (χ1n) is 4.83. The van der Waals surface area contributed by atoms with Gasteiger partial charge in [0.1, 0.15) is 0 Å². The van der Waals surface area contributed by atoms with E-state index >= 15 is 0 Å². The Hall–Kier alpha value is -1.76. The fourth-order valence-electron chi connectivity index (χ4n) is 1.51. The molecule has 1 aromatic heterocycles. The predicted molar refractivity (Wildman–Crippen MR) is 66.5 cm³/mol. The van der Waals surface area contributed by atoms with Gasteiger partial charge in [-0.3, -0.25) is 19.5 Å². The maximum Gasteiger partial charge on any atom is 0.270 e. The van der Waals surface area contributed by atoms with Gasteiger partial charge in [0, 0.05) is 24.0 Å². The summed E-state index contributed by atoms with van der Waals surface area (Å²) in [5.41, 5.74) is 0.0950. The number of nitro groups is 1. The van der Waals surface area contributed by atoms with Crippen molar-refractivity contribution in [3.05, 3.63) is 45.0 Å². The van der Waals surface area contributed by atoms with E-state index in [0.29, 0.717) is 17.4 Å². The average molecular weight is 298 g/mol. The summed E-state index contributed by atoms with van der Waals surface area (Å²) in [4.78, 5) is 26.2. The molecule has 0 aliphatic rings. The Morgan fingerprint density at radius 3 is 2.88 bits per heavy atom. The number of rotatable bonds is 3. The van der Waals surface area contributed by atoms with Crippen LogP contribution in [0.4, 0.5) is 5.69 Å². The Morgan fingerprint density at radius 1 is 1.47 bits per heavy atom. The molecule has 0 bridgehead atoms. The van der Waals surface area contributed by atoms with Crippen LogP contribution in [0, 0.1) is 10.1 Å². The SMILES string of the molecule is O=c1c2cc([N+](=O)[O-])ccc2ncn1CCBr. The van der Waals surface area contributed by atoms with Gasteiger partial charge in [0.05, 0.1) is 22.2 Å². The second-order valence-electron chi connectivity index (χ2n) is 3.39. The molecule has 1 aromatic carbocycles. The molecule has 6 nitrogen and oxygen atoms in total. The van der Waals surface area contributed by atoms with Crippen LogP contribution in [0.1, 0.15) is 0 Å². The van der Waals surface area contributed by atoms with E-state index in [1.807, 2.05) is 0 Å². The molecule has 0 unspecified atom stereocenters. The van der Waals surface area contributed by atoms with Gasteiger partial charge in [0.25, 0.3) is 11.2 Å². The second kappa shape index (κ2) is 4.62. The zero-order valence-corrected chi connectivity index (χ0v) is 10.3. The van der Waals surface area contributed by atoms with Crippen LogP contribution < -0.4 is 5.56 Å².